The molecular weight excluding hydrogens is 208 g/mol. The number of hydrogen-bond acceptors (Lipinski definition) is 1. The Balaban J connectivity index is 0.000000686. The standard InChI is InChI=1S/C14H20O.C2H6/c1-3-10-6-5-7-12-9-13(15)8-11(4-2)14(10)12;1-2/h8-10,15H,3-7H2,1-2H3;1-2H3. The van der Waals surface area contributed by atoms with Crippen LogP contribution in [0, 0.1) is 0 Å². The molecule has 1 N–H and O–H groups in total. The van der Waals surface area contributed by atoms with Gasteiger partial charge in [0.15, 0.2) is 0 Å². The van der Waals surface area contributed by atoms with Crippen molar-refractivity contribution in [1.29, 1.82) is 0 Å². The molecule has 17 heavy (non-hydrogen) atoms. The highest BCUT2D eigenvalue weighted by Gasteiger charge is 2.21. The lowest BCUT2D eigenvalue weighted by atomic mass is 9.78. The van der Waals surface area contributed by atoms with Crippen LogP contribution in [0.4, 0.5) is 0 Å². The van der Waals surface area contributed by atoms with Gasteiger partial charge in [0.25, 0.3) is 0 Å². The number of phenols is 1. The van der Waals surface area contributed by atoms with Crippen LogP contribution < -0.4 is 0 Å². The molecule has 1 aliphatic rings. The lowest BCUT2D eigenvalue weighted by Gasteiger charge is -2.27. The molecule has 0 fully saturated rings. The average Bonchev–Trinajstić information content (AvgIpc) is 2.39. The summed E-state index contributed by atoms with van der Waals surface area (Å²) in [5.74, 6) is 1.17. The van der Waals surface area contributed by atoms with Crippen LogP contribution in [0.15, 0.2) is 12.1 Å². The van der Waals surface area contributed by atoms with Crippen molar-refractivity contribution in [2.24, 2.45) is 0 Å². The van der Waals surface area contributed by atoms with Gasteiger partial charge in [0.2, 0.25) is 0 Å². The summed E-state index contributed by atoms with van der Waals surface area (Å²) in [6.45, 7) is 8.45. The topological polar surface area (TPSA) is 20.2 Å². The maximum Gasteiger partial charge on any atom is 0.116 e. The van der Waals surface area contributed by atoms with Crippen molar-refractivity contribution < 1.29 is 5.11 Å². The van der Waals surface area contributed by atoms with Crippen LogP contribution in [-0.4, -0.2) is 5.11 Å². The Morgan fingerprint density at radius 1 is 1.24 bits per heavy atom. The summed E-state index contributed by atoms with van der Waals surface area (Å²) in [5.41, 5.74) is 4.30. The molecule has 1 aliphatic carbocycles. The largest absolute Gasteiger partial charge is 0.508 e. The SMILES string of the molecule is CC.CCc1cc(O)cc2c1C(CC)CCC2. The summed E-state index contributed by atoms with van der Waals surface area (Å²) in [7, 11) is 0. The third kappa shape index (κ3) is 3.02. The molecule has 1 heteroatoms. The first-order valence-electron chi connectivity index (χ1n) is 7.10. The van der Waals surface area contributed by atoms with Gasteiger partial charge in [0, 0.05) is 0 Å². The van der Waals surface area contributed by atoms with Crippen LogP contribution in [-0.2, 0) is 12.8 Å². The van der Waals surface area contributed by atoms with E-state index in [4.69, 9.17) is 0 Å². The first-order valence-corrected chi connectivity index (χ1v) is 7.10. The minimum absolute atomic E-state index is 0.447. The van der Waals surface area contributed by atoms with Gasteiger partial charge in [-0.25, -0.2) is 0 Å². The number of phenolic OH excluding ortho intramolecular Hbond substituents is 1. The van der Waals surface area contributed by atoms with Gasteiger partial charge in [-0.3, -0.25) is 0 Å². The number of aryl methyl sites for hydroxylation is 2. The average molecular weight is 234 g/mol. The highest BCUT2D eigenvalue weighted by Crippen LogP contribution is 2.38. The van der Waals surface area contributed by atoms with Crippen LogP contribution in [0.2, 0.25) is 0 Å². The van der Waals surface area contributed by atoms with E-state index in [0.29, 0.717) is 5.75 Å². The molecule has 0 spiro atoms. The van der Waals surface area contributed by atoms with Gasteiger partial charge >= 0.3 is 0 Å². The number of rotatable bonds is 2. The van der Waals surface area contributed by atoms with Crippen LogP contribution >= 0.6 is 0 Å². The fourth-order valence-corrected chi connectivity index (χ4v) is 2.88. The van der Waals surface area contributed by atoms with Gasteiger partial charge in [-0.15, -0.1) is 0 Å². The van der Waals surface area contributed by atoms with Crippen molar-refractivity contribution in [2.45, 2.75) is 65.7 Å². The zero-order valence-electron chi connectivity index (χ0n) is 11.7. The molecule has 1 unspecified atom stereocenters. The van der Waals surface area contributed by atoms with Crippen LogP contribution in [0.5, 0.6) is 5.75 Å². The summed E-state index contributed by atoms with van der Waals surface area (Å²) < 4.78 is 0. The molecule has 0 amide bonds. The minimum Gasteiger partial charge on any atom is -0.508 e. The van der Waals surface area contributed by atoms with Gasteiger partial charge in [-0.05, 0) is 66.8 Å². The van der Waals surface area contributed by atoms with E-state index in [1.165, 1.54) is 30.4 Å². The number of benzene rings is 1. The van der Waals surface area contributed by atoms with Gasteiger partial charge in [0.1, 0.15) is 5.75 Å². The Morgan fingerprint density at radius 3 is 2.53 bits per heavy atom. The Bertz CT molecular complexity index is 338. The maximum atomic E-state index is 9.66. The second-order valence-electron chi connectivity index (χ2n) is 4.53. The Morgan fingerprint density at radius 2 is 1.94 bits per heavy atom. The summed E-state index contributed by atoms with van der Waals surface area (Å²) in [4.78, 5) is 0. The smallest absolute Gasteiger partial charge is 0.116 e. The molecule has 0 heterocycles. The van der Waals surface area contributed by atoms with E-state index in [1.54, 1.807) is 5.56 Å². The normalized spacial score (nSPS) is 18.0. The molecule has 0 bridgehead atoms. The first kappa shape index (κ1) is 14.1. The van der Waals surface area contributed by atoms with Crippen LogP contribution in [0.3, 0.4) is 0 Å². The van der Waals surface area contributed by atoms with Gasteiger partial charge in [-0.2, -0.15) is 0 Å². The lowest BCUT2D eigenvalue weighted by Crippen LogP contribution is -2.11. The Hall–Kier alpha value is -0.980. The number of hydrogen-bond donors (Lipinski definition) is 1. The first-order chi connectivity index (χ1) is 8.26. The zero-order valence-corrected chi connectivity index (χ0v) is 11.7. The van der Waals surface area contributed by atoms with E-state index >= 15 is 0 Å². The van der Waals surface area contributed by atoms with E-state index in [9.17, 15) is 5.11 Å². The van der Waals surface area contributed by atoms with Crippen molar-refractivity contribution in [3.63, 3.8) is 0 Å². The number of aromatic hydroxyl groups is 1. The predicted octanol–water partition coefficient (Wildman–Crippen LogP) is 4.81. The zero-order chi connectivity index (χ0) is 12.8. The second-order valence-corrected chi connectivity index (χ2v) is 4.53. The maximum absolute atomic E-state index is 9.66. The molecule has 96 valence electrons. The number of fused-ring (bicyclic) bond motifs is 1. The summed E-state index contributed by atoms with van der Waals surface area (Å²) in [5, 5.41) is 9.66. The summed E-state index contributed by atoms with van der Waals surface area (Å²) in [6, 6.07) is 3.92. The fraction of sp³-hybridized carbons (Fsp3) is 0.625. The fourth-order valence-electron chi connectivity index (χ4n) is 2.88. The van der Waals surface area contributed by atoms with Crippen LogP contribution in [0.25, 0.3) is 0 Å². The molecular formula is C16H26O. The monoisotopic (exact) mass is 234 g/mol. The second kappa shape index (κ2) is 6.68. The molecule has 2 rings (SSSR count). The van der Waals surface area contributed by atoms with Crippen molar-refractivity contribution in [3.05, 3.63) is 28.8 Å². The lowest BCUT2D eigenvalue weighted by molar-refractivity contribution is 0.468. The minimum atomic E-state index is 0.447. The van der Waals surface area contributed by atoms with E-state index in [1.807, 2.05) is 26.0 Å². The van der Waals surface area contributed by atoms with E-state index < -0.39 is 0 Å². The highest BCUT2D eigenvalue weighted by molar-refractivity contribution is 5.45. The quantitative estimate of drug-likeness (QED) is 0.778. The van der Waals surface area contributed by atoms with Crippen molar-refractivity contribution in [1.82, 2.24) is 0 Å². The molecule has 0 radical (unpaired) electrons. The van der Waals surface area contributed by atoms with Crippen molar-refractivity contribution >= 4 is 0 Å². The van der Waals surface area contributed by atoms with E-state index in [0.717, 1.165) is 18.8 Å². The Kier molecular flexibility index (Phi) is 5.54. The van der Waals surface area contributed by atoms with Gasteiger partial charge < -0.3 is 5.11 Å². The molecule has 1 nitrogen and oxygen atoms in total. The third-order valence-electron chi connectivity index (χ3n) is 3.62. The summed E-state index contributed by atoms with van der Waals surface area (Å²) >= 11 is 0. The van der Waals surface area contributed by atoms with Crippen molar-refractivity contribution in [3.8, 4) is 5.75 Å². The molecule has 1 aromatic carbocycles. The molecule has 0 saturated heterocycles. The molecule has 1 aromatic rings. The van der Waals surface area contributed by atoms with Gasteiger partial charge in [-0.1, -0.05) is 27.7 Å². The third-order valence-corrected chi connectivity index (χ3v) is 3.62. The predicted molar refractivity (Wildman–Crippen MR) is 74.8 cm³/mol. The molecule has 0 aliphatic heterocycles. The van der Waals surface area contributed by atoms with Crippen molar-refractivity contribution in [2.75, 3.05) is 0 Å². The Labute approximate surface area is 106 Å². The summed E-state index contributed by atoms with van der Waals surface area (Å²) in [6.07, 6.45) is 6.00. The van der Waals surface area contributed by atoms with Gasteiger partial charge in [0.05, 0.1) is 0 Å². The molecule has 0 saturated carbocycles. The van der Waals surface area contributed by atoms with E-state index in [-0.39, 0.29) is 0 Å². The highest BCUT2D eigenvalue weighted by atomic mass is 16.3. The van der Waals surface area contributed by atoms with Crippen LogP contribution in [0.1, 0.15) is 69.6 Å². The van der Waals surface area contributed by atoms with E-state index in [2.05, 4.69) is 13.8 Å². The molecule has 0 aromatic heterocycles. The molecule has 1 atom stereocenters.